The molecule has 3 aromatic rings. The maximum Gasteiger partial charge on any atom is 0.233 e. The summed E-state index contributed by atoms with van der Waals surface area (Å²) in [5.41, 5.74) is 2.35. The van der Waals surface area contributed by atoms with Crippen molar-refractivity contribution in [3.63, 3.8) is 0 Å². The maximum atomic E-state index is 13.1. The third kappa shape index (κ3) is 6.38. The predicted molar refractivity (Wildman–Crippen MR) is 120 cm³/mol. The smallest absolute Gasteiger partial charge is 0.233 e. The van der Waals surface area contributed by atoms with Crippen LogP contribution in [0.15, 0.2) is 65.8 Å². The van der Waals surface area contributed by atoms with Gasteiger partial charge in [0.1, 0.15) is 0 Å². The van der Waals surface area contributed by atoms with Crippen LogP contribution in [0.2, 0.25) is 0 Å². The van der Waals surface area contributed by atoms with Crippen molar-refractivity contribution in [2.45, 2.75) is 43.6 Å². The molecule has 1 fully saturated rings. The van der Waals surface area contributed by atoms with Crippen molar-refractivity contribution in [1.82, 2.24) is 25.1 Å². The van der Waals surface area contributed by atoms with E-state index in [1.165, 1.54) is 17.3 Å². The molecule has 8 heteroatoms. The van der Waals surface area contributed by atoms with Gasteiger partial charge in [-0.25, -0.2) is 4.68 Å². The summed E-state index contributed by atoms with van der Waals surface area (Å²) in [6.07, 6.45) is 3.07. The number of hydrogen-bond donors (Lipinski definition) is 0. The Balaban J connectivity index is 1.37. The summed E-state index contributed by atoms with van der Waals surface area (Å²) >= 11 is 1.39. The number of aromatic nitrogens is 4. The SMILES string of the molecule is O=C(CSc1nnnn1CC1CCCO1)N(CCc1ccccc1)Cc1ccccc1. The van der Waals surface area contributed by atoms with E-state index in [2.05, 4.69) is 39.8 Å². The van der Waals surface area contributed by atoms with Crippen molar-refractivity contribution in [3.8, 4) is 0 Å². The van der Waals surface area contributed by atoms with Gasteiger partial charge in [0.25, 0.3) is 0 Å². The van der Waals surface area contributed by atoms with Crippen molar-refractivity contribution in [3.05, 3.63) is 71.8 Å². The molecule has 1 aromatic heterocycles. The Kier molecular flexibility index (Phi) is 7.68. The molecule has 162 valence electrons. The summed E-state index contributed by atoms with van der Waals surface area (Å²) in [6, 6.07) is 20.4. The zero-order chi connectivity index (χ0) is 21.3. The number of rotatable bonds is 10. The lowest BCUT2D eigenvalue weighted by Crippen LogP contribution is -2.34. The zero-order valence-corrected chi connectivity index (χ0v) is 18.3. The highest BCUT2D eigenvalue weighted by Gasteiger charge is 2.20. The Labute approximate surface area is 186 Å². The minimum Gasteiger partial charge on any atom is -0.376 e. The molecule has 1 saturated heterocycles. The van der Waals surface area contributed by atoms with E-state index >= 15 is 0 Å². The Bertz CT molecular complexity index is 945. The minimum absolute atomic E-state index is 0.0800. The second-order valence-electron chi connectivity index (χ2n) is 7.60. The van der Waals surface area contributed by atoms with Crippen molar-refractivity contribution < 1.29 is 9.53 Å². The van der Waals surface area contributed by atoms with Gasteiger partial charge < -0.3 is 9.64 Å². The van der Waals surface area contributed by atoms with Crippen LogP contribution in [0.25, 0.3) is 0 Å². The van der Waals surface area contributed by atoms with Gasteiger partial charge in [-0.1, -0.05) is 72.4 Å². The number of benzene rings is 2. The number of nitrogens with zero attached hydrogens (tertiary/aromatic N) is 5. The van der Waals surface area contributed by atoms with Crippen molar-refractivity contribution in [1.29, 1.82) is 0 Å². The highest BCUT2D eigenvalue weighted by atomic mass is 32.2. The van der Waals surface area contributed by atoms with E-state index in [-0.39, 0.29) is 12.0 Å². The summed E-state index contributed by atoms with van der Waals surface area (Å²) in [5.74, 6) is 0.379. The van der Waals surface area contributed by atoms with Crippen LogP contribution >= 0.6 is 11.8 Å². The Hall–Kier alpha value is -2.71. The molecule has 1 aliphatic rings. The molecular weight excluding hydrogens is 410 g/mol. The first-order chi connectivity index (χ1) is 15.3. The second-order valence-corrected chi connectivity index (χ2v) is 8.55. The number of carbonyl (C=O) groups excluding carboxylic acids is 1. The molecule has 0 radical (unpaired) electrons. The second kappa shape index (κ2) is 11.1. The number of ether oxygens (including phenoxy) is 1. The highest BCUT2D eigenvalue weighted by molar-refractivity contribution is 7.99. The van der Waals surface area contributed by atoms with Crippen LogP contribution < -0.4 is 0 Å². The average Bonchev–Trinajstić information content (AvgIpc) is 3.49. The largest absolute Gasteiger partial charge is 0.376 e. The van der Waals surface area contributed by atoms with E-state index < -0.39 is 0 Å². The Morgan fingerprint density at radius 2 is 1.84 bits per heavy atom. The van der Waals surface area contributed by atoms with Gasteiger partial charge >= 0.3 is 0 Å². The van der Waals surface area contributed by atoms with Gasteiger partial charge in [-0.3, -0.25) is 4.79 Å². The van der Waals surface area contributed by atoms with Crippen LogP contribution in [-0.4, -0.2) is 56.0 Å². The van der Waals surface area contributed by atoms with Gasteiger partial charge in [0.05, 0.1) is 18.4 Å². The molecule has 0 bridgehead atoms. The third-order valence-corrected chi connectivity index (χ3v) is 6.25. The summed E-state index contributed by atoms with van der Waals surface area (Å²) in [5, 5.41) is 12.6. The van der Waals surface area contributed by atoms with Gasteiger partial charge in [-0.05, 0) is 40.8 Å². The lowest BCUT2D eigenvalue weighted by Gasteiger charge is -2.23. The number of amides is 1. The molecule has 1 atom stereocenters. The molecule has 2 heterocycles. The minimum atomic E-state index is 0.0800. The Morgan fingerprint density at radius 1 is 1.10 bits per heavy atom. The van der Waals surface area contributed by atoms with Crippen LogP contribution in [0.1, 0.15) is 24.0 Å². The number of hydrogen-bond acceptors (Lipinski definition) is 6. The maximum absolute atomic E-state index is 13.1. The monoisotopic (exact) mass is 437 g/mol. The first-order valence-corrected chi connectivity index (χ1v) is 11.6. The normalized spacial score (nSPS) is 15.8. The van der Waals surface area contributed by atoms with Gasteiger partial charge in [0.2, 0.25) is 11.1 Å². The van der Waals surface area contributed by atoms with Crippen molar-refractivity contribution in [2.75, 3.05) is 18.9 Å². The van der Waals surface area contributed by atoms with E-state index in [0.717, 1.165) is 31.4 Å². The van der Waals surface area contributed by atoms with Crippen LogP contribution in [0.3, 0.4) is 0 Å². The van der Waals surface area contributed by atoms with E-state index in [4.69, 9.17) is 4.74 Å². The number of tetrazole rings is 1. The Morgan fingerprint density at radius 3 is 2.55 bits per heavy atom. The zero-order valence-electron chi connectivity index (χ0n) is 17.5. The molecule has 0 saturated carbocycles. The quantitative estimate of drug-likeness (QED) is 0.454. The fourth-order valence-corrected chi connectivity index (χ4v) is 4.41. The van der Waals surface area contributed by atoms with Gasteiger partial charge in [-0.15, -0.1) is 5.10 Å². The molecule has 1 aliphatic heterocycles. The molecule has 0 aliphatic carbocycles. The number of carbonyl (C=O) groups is 1. The average molecular weight is 438 g/mol. The predicted octanol–water partition coefficient (Wildman–Crippen LogP) is 3.22. The lowest BCUT2D eigenvalue weighted by molar-refractivity contribution is -0.128. The molecule has 0 spiro atoms. The molecular formula is C23H27N5O2S. The van der Waals surface area contributed by atoms with Crippen LogP contribution in [0.5, 0.6) is 0 Å². The lowest BCUT2D eigenvalue weighted by atomic mass is 10.1. The molecule has 1 amide bonds. The third-order valence-electron chi connectivity index (χ3n) is 5.31. The van der Waals surface area contributed by atoms with E-state index in [9.17, 15) is 4.79 Å². The van der Waals surface area contributed by atoms with Gasteiger partial charge in [0, 0.05) is 19.7 Å². The van der Waals surface area contributed by atoms with Crippen LogP contribution in [0, 0.1) is 0 Å². The number of thioether (sulfide) groups is 1. The van der Waals surface area contributed by atoms with E-state index in [1.807, 2.05) is 41.3 Å². The van der Waals surface area contributed by atoms with Crippen molar-refractivity contribution >= 4 is 17.7 Å². The molecule has 7 nitrogen and oxygen atoms in total. The topological polar surface area (TPSA) is 73.1 Å². The van der Waals surface area contributed by atoms with E-state index in [1.54, 1.807) is 4.68 Å². The molecule has 4 rings (SSSR count). The van der Waals surface area contributed by atoms with Crippen molar-refractivity contribution in [2.24, 2.45) is 0 Å². The first-order valence-electron chi connectivity index (χ1n) is 10.6. The standard InChI is InChI=1S/C23H27N5O2S/c29-22(18-31-23-24-25-26-28(23)17-21-12-7-15-30-21)27(16-20-10-5-2-6-11-20)14-13-19-8-3-1-4-9-19/h1-6,8-11,21H,7,12-18H2. The highest BCUT2D eigenvalue weighted by Crippen LogP contribution is 2.19. The molecule has 1 unspecified atom stereocenters. The summed E-state index contributed by atoms with van der Waals surface area (Å²) in [4.78, 5) is 15.0. The molecule has 0 N–H and O–H groups in total. The fourth-order valence-electron chi connectivity index (χ4n) is 3.62. The fraction of sp³-hybridized carbons (Fsp3) is 0.391. The summed E-state index contributed by atoms with van der Waals surface area (Å²) < 4.78 is 7.43. The van der Waals surface area contributed by atoms with Gasteiger partial charge in [0.15, 0.2) is 0 Å². The molecule has 31 heavy (non-hydrogen) atoms. The first kappa shape index (κ1) is 21.5. The van der Waals surface area contributed by atoms with E-state index in [0.29, 0.717) is 30.5 Å². The van der Waals surface area contributed by atoms with Crippen LogP contribution in [-0.2, 0) is 29.0 Å². The van der Waals surface area contributed by atoms with Gasteiger partial charge in [-0.2, -0.15) is 0 Å². The van der Waals surface area contributed by atoms with Crippen LogP contribution in [0.4, 0.5) is 0 Å². The summed E-state index contributed by atoms with van der Waals surface area (Å²) in [6.45, 7) is 2.68. The molecule has 2 aromatic carbocycles. The summed E-state index contributed by atoms with van der Waals surface area (Å²) in [7, 11) is 0.